The Kier molecular flexibility index (Phi) is 4.58. The number of carbonyl (C=O) groups is 1. The van der Waals surface area contributed by atoms with Crippen molar-refractivity contribution in [2.75, 3.05) is 6.54 Å². The van der Waals surface area contributed by atoms with Crippen molar-refractivity contribution in [1.82, 2.24) is 15.0 Å². The number of likely N-dealkylation sites (tertiary alicyclic amines) is 1. The van der Waals surface area contributed by atoms with E-state index >= 15 is 0 Å². The second-order valence-electron chi connectivity index (χ2n) is 7.12. The first kappa shape index (κ1) is 16.9. The highest BCUT2D eigenvalue weighted by Crippen LogP contribution is 2.28. The summed E-state index contributed by atoms with van der Waals surface area (Å²) < 4.78 is 5.34. The number of aryl methyl sites for hydroxylation is 1. The van der Waals surface area contributed by atoms with Gasteiger partial charge in [0.05, 0.1) is 16.6 Å². The molecular formula is C18H26N4O2. The molecule has 2 atom stereocenters. The number of carbonyl (C=O) groups excluding carboxylic acids is 1. The van der Waals surface area contributed by atoms with Crippen molar-refractivity contribution in [3.05, 3.63) is 23.0 Å². The van der Waals surface area contributed by atoms with Crippen LogP contribution in [-0.4, -0.2) is 39.6 Å². The van der Waals surface area contributed by atoms with Crippen molar-refractivity contribution >= 4 is 17.0 Å². The Hall–Kier alpha value is -1.95. The first-order valence-electron chi connectivity index (χ1n) is 8.73. The highest BCUT2D eigenvalue weighted by Gasteiger charge is 2.32. The second-order valence-corrected chi connectivity index (χ2v) is 7.12. The highest BCUT2D eigenvalue weighted by molar-refractivity contribution is 6.06. The van der Waals surface area contributed by atoms with Gasteiger partial charge in [-0.1, -0.05) is 19.0 Å². The van der Waals surface area contributed by atoms with Gasteiger partial charge in [0.15, 0.2) is 0 Å². The molecule has 3 rings (SSSR count). The molecule has 6 heteroatoms. The number of nitrogens with two attached hydrogens (primary N) is 1. The standard InChI is InChI=1S/C18H26N4O2/c1-10(2)14-9-13(16-12(4)21-24-17(16)20-14)18(23)22-8-6-5-7-15(22)11(3)19/h9-11,15H,5-8,19H2,1-4H3. The third-order valence-corrected chi connectivity index (χ3v) is 4.88. The zero-order valence-electron chi connectivity index (χ0n) is 14.9. The molecule has 1 aliphatic rings. The molecule has 0 radical (unpaired) electrons. The van der Waals surface area contributed by atoms with Crippen LogP contribution in [0.5, 0.6) is 0 Å². The summed E-state index contributed by atoms with van der Waals surface area (Å²) >= 11 is 0. The van der Waals surface area contributed by atoms with E-state index in [1.807, 2.05) is 24.8 Å². The topological polar surface area (TPSA) is 85.2 Å². The minimum absolute atomic E-state index is 0.0117. The number of rotatable bonds is 3. The molecule has 6 nitrogen and oxygen atoms in total. The molecule has 1 saturated heterocycles. The number of piperidine rings is 1. The van der Waals surface area contributed by atoms with E-state index in [1.165, 1.54) is 0 Å². The van der Waals surface area contributed by atoms with Gasteiger partial charge < -0.3 is 15.2 Å². The zero-order chi connectivity index (χ0) is 17.4. The third kappa shape index (κ3) is 2.90. The molecule has 0 bridgehead atoms. The van der Waals surface area contributed by atoms with Gasteiger partial charge in [-0.05, 0) is 45.1 Å². The molecule has 2 aromatic rings. The van der Waals surface area contributed by atoms with E-state index in [0.717, 1.165) is 36.9 Å². The molecule has 2 N–H and O–H groups in total. The van der Waals surface area contributed by atoms with Crippen molar-refractivity contribution in [2.45, 2.75) is 65.0 Å². The Labute approximate surface area is 142 Å². The van der Waals surface area contributed by atoms with Crippen molar-refractivity contribution in [2.24, 2.45) is 5.73 Å². The van der Waals surface area contributed by atoms with E-state index in [2.05, 4.69) is 24.0 Å². The van der Waals surface area contributed by atoms with Crippen LogP contribution in [0.3, 0.4) is 0 Å². The summed E-state index contributed by atoms with van der Waals surface area (Å²) in [6.07, 6.45) is 3.09. The molecule has 0 spiro atoms. The molecule has 1 amide bonds. The van der Waals surface area contributed by atoms with Crippen molar-refractivity contribution < 1.29 is 9.32 Å². The summed E-state index contributed by atoms with van der Waals surface area (Å²) in [4.78, 5) is 19.8. The van der Waals surface area contributed by atoms with E-state index < -0.39 is 0 Å². The molecule has 0 aliphatic carbocycles. The number of amides is 1. The summed E-state index contributed by atoms with van der Waals surface area (Å²) in [5, 5.41) is 4.73. The van der Waals surface area contributed by atoms with Gasteiger partial charge in [0, 0.05) is 24.3 Å². The van der Waals surface area contributed by atoms with Gasteiger partial charge in [-0.25, -0.2) is 4.98 Å². The Morgan fingerprint density at radius 1 is 1.38 bits per heavy atom. The van der Waals surface area contributed by atoms with Gasteiger partial charge in [-0.2, -0.15) is 0 Å². The number of hydrogen-bond acceptors (Lipinski definition) is 5. The van der Waals surface area contributed by atoms with Gasteiger partial charge in [-0.3, -0.25) is 4.79 Å². The molecule has 130 valence electrons. The van der Waals surface area contributed by atoms with Crippen LogP contribution in [0, 0.1) is 6.92 Å². The Morgan fingerprint density at radius 2 is 2.12 bits per heavy atom. The number of fused-ring (bicyclic) bond motifs is 1. The first-order valence-corrected chi connectivity index (χ1v) is 8.73. The van der Waals surface area contributed by atoms with E-state index in [1.54, 1.807) is 0 Å². The smallest absolute Gasteiger partial charge is 0.259 e. The highest BCUT2D eigenvalue weighted by atomic mass is 16.5. The first-order chi connectivity index (χ1) is 11.4. The minimum Gasteiger partial charge on any atom is -0.336 e. The van der Waals surface area contributed by atoms with Crippen molar-refractivity contribution in [3.63, 3.8) is 0 Å². The molecule has 3 heterocycles. The van der Waals surface area contributed by atoms with Crippen LogP contribution < -0.4 is 5.73 Å². The van der Waals surface area contributed by atoms with Crippen LogP contribution in [0.15, 0.2) is 10.6 Å². The number of nitrogens with zero attached hydrogens (tertiary/aromatic N) is 3. The fraction of sp³-hybridized carbons (Fsp3) is 0.611. The Morgan fingerprint density at radius 3 is 2.79 bits per heavy atom. The maximum Gasteiger partial charge on any atom is 0.259 e. The van der Waals surface area contributed by atoms with Crippen LogP contribution >= 0.6 is 0 Å². The van der Waals surface area contributed by atoms with Crippen LogP contribution in [0.1, 0.15) is 67.7 Å². The number of pyridine rings is 1. The normalized spacial score (nSPS) is 19.9. The van der Waals surface area contributed by atoms with Gasteiger partial charge >= 0.3 is 0 Å². The number of hydrogen-bond donors (Lipinski definition) is 1. The molecular weight excluding hydrogens is 304 g/mol. The summed E-state index contributed by atoms with van der Waals surface area (Å²) in [6.45, 7) is 8.67. The largest absolute Gasteiger partial charge is 0.336 e. The molecule has 0 saturated carbocycles. The predicted octanol–water partition coefficient (Wildman–Crippen LogP) is 3.00. The lowest BCUT2D eigenvalue weighted by atomic mass is 9.95. The van der Waals surface area contributed by atoms with Crippen LogP contribution in [0.2, 0.25) is 0 Å². The minimum atomic E-state index is -0.0419. The van der Waals surface area contributed by atoms with Crippen molar-refractivity contribution in [3.8, 4) is 0 Å². The summed E-state index contributed by atoms with van der Waals surface area (Å²) in [7, 11) is 0. The van der Waals surface area contributed by atoms with Crippen LogP contribution in [0.25, 0.3) is 11.1 Å². The van der Waals surface area contributed by atoms with Crippen LogP contribution in [-0.2, 0) is 0 Å². The van der Waals surface area contributed by atoms with Crippen LogP contribution in [0.4, 0.5) is 0 Å². The summed E-state index contributed by atoms with van der Waals surface area (Å²) in [5.41, 5.74) is 8.76. The molecule has 2 unspecified atom stereocenters. The maximum absolute atomic E-state index is 13.3. The van der Waals surface area contributed by atoms with Gasteiger partial charge in [0.25, 0.3) is 11.6 Å². The molecule has 24 heavy (non-hydrogen) atoms. The quantitative estimate of drug-likeness (QED) is 0.935. The predicted molar refractivity (Wildman–Crippen MR) is 93.0 cm³/mol. The van der Waals surface area contributed by atoms with E-state index in [9.17, 15) is 4.79 Å². The molecule has 2 aromatic heterocycles. The lowest BCUT2D eigenvalue weighted by molar-refractivity contribution is 0.0585. The van der Waals surface area contributed by atoms with E-state index in [-0.39, 0.29) is 23.9 Å². The third-order valence-electron chi connectivity index (χ3n) is 4.88. The summed E-state index contributed by atoms with van der Waals surface area (Å²) in [6, 6.07) is 1.93. The molecule has 1 aliphatic heterocycles. The lowest BCUT2D eigenvalue weighted by Crippen LogP contribution is -2.51. The average molecular weight is 330 g/mol. The lowest BCUT2D eigenvalue weighted by Gasteiger charge is -2.38. The molecule has 1 fully saturated rings. The van der Waals surface area contributed by atoms with Gasteiger partial charge in [-0.15, -0.1) is 0 Å². The van der Waals surface area contributed by atoms with Gasteiger partial charge in [0.2, 0.25) is 0 Å². The Bertz CT molecular complexity index is 751. The fourth-order valence-electron chi connectivity index (χ4n) is 3.49. The van der Waals surface area contributed by atoms with Crippen molar-refractivity contribution in [1.29, 1.82) is 0 Å². The summed E-state index contributed by atoms with van der Waals surface area (Å²) in [5.74, 6) is 0.217. The average Bonchev–Trinajstić information content (AvgIpc) is 2.94. The zero-order valence-corrected chi connectivity index (χ0v) is 14.9. The monoisotopic (exact) mass is 330 g/mol. The van der Waals surface area contributed by atoms with Gasteiger partial charge in [0.1, 0.15) is 0 Å². The van der Waals surface area contributed by atoms with E-state index in [4.69, 9.17) is 10.3 Å². The second kappa shape index (κ2) is 6.51. The number of aromatic nitrogens is 2. The fourth-order valence-corrected chi connectivity index (χ4v) is 3.49. The SMILES string of the molecule is Cc1noc2nc(C(C)C)cc(C(=O)N3CCCCC3C(C)N)c12. The Balaban J connectivity index is 2.09. The molecule has 0 aromatic carbocycles. The maximum atomic E-state index is 13.3. The van der Waals surface area contributed by atoms with E-state index in [0.29, 0.717) is 17.0 Å².